The Balaban J connectivity index is 1.74. The number of carbonyl (C=O) groups is 2. The van der Waals surface area contributed by atoms with Crippen molar-refractivity contribution < 1.29 is 33.6 Å². The minimum Gasteiger partial charge on any atom is -0.507 e. The molecule has 42 heavy (non-hydrogen) atoms. The van der Waals surface area contributed by atoms with Gasteiger partial charge in [0.2, 0.25) is 0 Å². The molecule has 0 unspecified atom stereocenters. The van der Waals surface area contributed by atoms with E-state index in [1.165, 1.54) is 0 Å². The quantitative estimate of drug-likeness (QED) is 0.126. The SMILES string of the molecule is CCCCCOc1ccc([C@H]2C(=C(O)c3ccc4c(c3)OCCO4)C(=O)C(=O)N2CCCN(CC)CC)cc1OCC. The van der Waals surface area contributed by atoms with E-state index in [2.05, 4.69) is 25.7 Å². The predicted molar refractivity (Wildman–Crippen MR) is 161 cm³/mol. The lowest BCUT2D eigenvalue weighted by Crippen LogP contribution is -2.33. The van der Waals surface area contributed by atoms with E-state index in [1.54, 1.807) is 23.1 Å². The molecule has 2 heterocycles. The summed E-state index contributed by atoms with van der Waals surface area (Å²) in [5.74, 6) is 0.617. The van der Waals surface area contributed by atoms with Crippen molar-refractivity contribution in [1.29, 1.82) is 0 Å². The lowest BCUT2D eigenvalue weighted by Gasteiger charge is -2.27. The molecule has 2 aliphatic rings. The van der Waals surface area contributed by atoms with E-state index in [-0.39, 0.29) is 11.3 Å². The van der Waals surface area contributed by atoms with Crippen LogP contribution in [0.25, 0.3) is 5.76 Å². The topological polar surface area (TPSA) is 97.8 Å². The Hall–Kier alpha value is -3.72. The maximum Gasteiger partial charge on any atom is 0.295 e. The average molecular weight is 581 g/mol. The number of nitrogens with zero attached hydrogens (tertiary/aromatic N) is 2. The molecule has 0 aliphatic carbocycles. The molecule has 2 aromatic carbocycles. The highest BCUT2D eigenvalue weighted by molar-refractivity contribution is 6.46. The Bertz CT molecular complexity index is 1270. The first-order valence-electron chi connectivity index (χ1n) is 15.2. The molecule has 1 N–H and O–H groups in total. The van der Waals surface area contributed by atoms with Gasteiger partial charge >= 0.3 is 0 Å². The Labute approximate surface area is 249 Å². The summed E-state index contributed by atoms with van der Waals surface area (Å²) in [5.41, 5.74) is 1.09. The molecule has 1 atom stereocenters. The predicted octanol–water partition coefficient (Wildman–Crippen LogP) is 5.58. The summed E-state index contributed by atoms with van der Waals surface area (Å²) >= 11 is 0. The first-order valence-corrected chi connectivity index (χ1v) is 15.2. The number of Topliss-reactive ketones (excluding diaryl/α,β-unsaturated/α-hetero) is 1. The van der Waals surface area contributed by atoms with Gasteiger partial charge in [-0.25, -0.2) is 0 Å². The number of benzene rings is 2. The first-order chi connectivity index (χ1) is 20.4. The zero-order valence-electron chi connectivity index (χ0n) is 25.3. The highest BCUT2D eigenvalue weighted by atomic mass is 16.6. The van der Waals surface area contributed by atoms with Gasteiger partial charge in [0, 0.05) is 12.1 Å². The van der Waals surface area contributed by atoms with Gasteiger partial charge in [-0.1, -0.05) is 39.7 Å². The van der Waals surface area contributed by atoms with Crippen LogP contribution >= 0.6 is 0 Å². The van der Waals surface area contributed by atoms with Gasteiger partial charge in [0.05, 0.1) is 24.8 Å². The standard InChI is InChI=1S/C33H44N2O7/c1-5-9-10-18-40-25-14-12-23(21-27(25)39-8-4)30-29(31(36)24-13-15-26-28(22-24)42-20-19-41-26)32(37)33(38)35(30)17-11-16-34(6-2)7-3/h12-15,21-22,30,36H,5-11,16-20H2,1-4H3/t30-/m0/s1. The molecule has 1 saturated heterocycles. The molecule has 9 nitrogen and oxygen atoms in total. The number of fused-ring (bicyclic) bond motifs is 1. The van der Waals surface area contributed by atoms with Crippen LogP contribution in [0.3, 0.4) is 0 Å². The molecule has 0 aromatic heterocycles. The van der Waals surface area contributed by atoms with E-state index < -0.39 is 17.7 Å². The fourth-order valence-electron chi connectivity index (χ4n) is 5.42. The fourth-order valence-corrected chi connectivity index (χ4v) is 5.42. The number of hydrogen-bond donors (Lipinski definition) is 1. The van der Waals surface area contributed by atoms with Crippen LogP contribution in [0, 0.1) is 0 Å². The summed E-state index contributed by atoms with van der Waals surface area (Å²) in [6, 6.07) is 9.73. The normalized spacial score (nSPS) is 17.6. The molecule has 0 spiro atoms. The van der Waals surface area contributed by atoms with Crippen molar-refractivity contribution in [3.05, 3.63) is 53.1 Å². The second kappa shape index (κ2) is 15.0. The zero-order chi connectivity index (χ0) is 30.1. The van der Waals surface area contributed by atoms with Crippen molar-refractivity contribution in [3.8, 4) is 23.0 Å². The molecule has 9 heteroatoms. The minimum absolute atomic E-state index is 0.0404. The summed E-state index contributed by atoms with van der Waals surface area (Å²) in [4.78, 5) is 30.9. The molecule has 4 rings (SSSR count). The van der Waals surface area contributed by atoms with Crippen molar-refractivity contribution in [1.82, 2.24) is 9.80 Å². The molecule has 1 amide bonds. The van der Waals surface area contributed by atoms with Gasteiger partial charge in [0.15, 0.2) is 23.0 Å². The Morgan fingerprint density at radius 1 is 0.929 bits per heavy atom. The minimum atomic E-state index is -0.789. The second-order valence-corrected chi connectivity index (χ2v) is 10.4. The summed E-state index contributed by atoms with van der Waals surface area (Å²) in [6.45, 7) is 13.0. The number of ketones is 1. The van der Waals surface area contributed by atoms with E-state index in [0.29, 0.717) is 73.5 Å². The lowest BCUT2D eigenvalue weighted by molar-refractivity contribution is -0.140. The van der Waals surface area contributed by atoms with Crippen LogP contribution in [0.5, 0.6) is 23.0 Å². The number of aliphatic hydroxyl groups is 1. The smallest absolute Gasteiger partial charge is 0.295 e. The third-order valence-electron chi connectivity index (χ3n) is 7.71. The van der Waals surface area contributed by atoms with Crippen LogP contribution in [0.2, 0.25) is 0 Å². The lowest BCUT2D eigenvalue weighted by atomic mass is 9.94. The van der Waals surface area contributed by atoms with E-state index in [4.69, 9.17) is 18.9 Å². The number of carbonyl (C=O) groups excluding carboxylic acids is 2. The molecule has 0 bridgehead atoms. The number of unbranched alkanes of at least 4 members (excludes halogenated alkanes) is 2. The van der Waals surface area contributed by atoms with Crippen LogP contribution in [0.1, 0.15) is 70.5 Å². The maximum absolute atomic E-state index is 13.6. The average Bonchev–Trinajstić information content (AvgIpc) is 3.26. The van der Waals surface area contributed by atoms with Gasteiger partial charge in [-0.15, -0.1) is 0 Å². The van der Waals surface area contributed by atoms with E-state index in [9.17, 15) is 14.7 Å². The Kier molecular flexibility index (Phi) is 11.1. The van der Waals surface area contributed by atoms with Crippen LogP contribution in [-0.2, 0) is 9.59 Å². The summed E-state index contributed by atoms with van der Waals surface area (Å²) < 4.78 is 23.3. The number of amides is 1. The Morgan fingerprint density at radius 3 is 2.40 bits per heavy atom. The van der Waals surface area contributed by atoms with Gasteiger partial charge in [0.1, 0.15) is 19.0 Å². The van der Waals surface area contributed by atoms with Crippen molar-refractivity contribution in [2.75, 3.05) is 52.6 Å². The zero-order valence-corrected chi connectivity index (χ0v) is 25.3. The highest BCUT2D eigenvalue weighted by Gasteiger charge is 2.46. The largest absolute Gasteiger partial charge is 0.507 e. The molecular formula is C33H44N2O7. The molecule has 2 aromatic rings. The Morgan fingerprint density at radius 2 is 1.69 bits per heavy atom. The number of aliphatic hydroxyl groups excluding tert-OH is 1. The second-order valence-electron chi connectivity index (χ2n) is 10.4. The van der Waals surface area contributed by atoms with Gasteiger partial charge in [-0.3, -0.25) is 9.59 Å². The molecule has 2 aliphatic heterocycles. The maximum atomic E-state index is 13.6. The van der Waals surface area contributed by atoms with Gasteiger partial charge < -0.3 is 33.9 Å². The number of likely N-dealkylation sites (tertiary alicyclic amines) is 1. The van der Waals surface area contributed by atoms with Gasteiger partial charge in [-0.05, 0) is 75.3 Å². The summed E-state index contributed by atoms with van der Waals surface area (Å²) in [6.07, 6.45) is 3.79. The number of ether oxygens (including phenoxy) is 4. The third-order valence-corrected chi connectivity index (χ3v) is 7.71. The van der Waals surface area contributed by atoms with Gasteiger partial charge in [-0.2, -0.15) is 0 Å². The van der Waals surface area contributed by atoms with Crippen molar-refractivity contribution >= 4 is 17.4 Å². The molecule has 0 radical (unpaired) electrons. The van der Waals surface area contributed by atoms with Crippen molar-refractivity contribution in [2.24, 2.45) is 0 Å². The fraction of sp³-hybridized carbons (Fsp3) is 0.515. The first kappa shape index (κ1) is 31.2. The molecule has 228 valence electrons. The van der Waals surface area contributed by atoms with Crippen LogP contribution in [0.4, 0.5) is 0 Å². The number of hydrogen-bond acceptors (Lipinski definition) is 8. The van der Waals surface area contributed by atoms with Crippen LogP contribution in [-0.4, -0.2) is 79.2 Å². The number of rotatable bonds is 15. The van der Waals surface area contributed by atoms with E-state index in [1.807, 2.05) is 25.1 Å². The van der Waals surface area contributed by atoms with E-state index >= 15 is 0 Å². The summed E-state index contributed by atoms with van der Waals surface area (Å²) in [5, 5.41) is 11.6. The third kappa shape index (κ3) is 7.01. The van der Waals surface area contributed by atoms with Crippen molar-refractivity contribution in [2.45, 2.75) is 59.4 Å². The van der Waals surface area contributed by atoms with Crippen LogP contribution < -0.4 is 18.9 Å². The van der Waals surface area contributed by atoms with E-state index in [0.717, 1.165) is 38.9 Å². The monoisotopic (exact) mass is 580 g/mol. The van der Waals surface area contributed by atoms with Crippen molar-refractivity contribution in [3.63, 3.8) is 0 Å². The molecular weight excluding hydrogens is 536 g/mol. The molecule has 1 fully saturated rings. The summed E-state index contributed by atoms with van der Waals surface area (Å²) in [7, 11) is 0. The van der Waals surface area contributed by atoms with Crippen LogP contribution in [0.15, 0.2) is 42.0 Å². The van der Waals surface area contributed by atoms with Gasteiger partial charge in [0.25, 0.3) is 11.7 Å². The highest BCUT2D eigenvalue weighted by Crippen LogP contribution is 2.43. The molecule has 0 saturated carbocycles.